The van der Waals surface area contributed by atoms with Gasteiger partial charge in [0.15, 0.2) is 5.69 Å². The van der Waals surface area contributed by atoms with Gasteiger partial charge in [0.05, 0.1) is 0 Å². The highest BCUT2D eigenvalue weighted by Gasteiger charge is 2.28. The summed E-state index contributed by atoms with van der Waals surface area (Å²) in [6.45, 7) is 7.94. The number of halogens is 1. The van der Waals surface area contributed by atoms with Crippen molar-refractivity contribution < 1.29 is 18.8 Å². The number of rotatable bonds is 9. The van der Waals surface area contributed by atoms with Crippen LogP contribution in [-0.2, 0) is 17.9 Å². The molecule has 8 nitrogen and oxygen atoms in total. The quantitative estimate of drug-likeness (QED) is 0.627. The minimum atomic E-state index is -0.319. The summed E-state index contributed by atoms with van der Waals surface area (Å²) in [6, 6.07) is 7.71. The summed E-state index contributed by atoms with van der Waals surface area (Å²) < 4.78 is 14.8. The van der Waals surface area contributed by atoms with Crippen LogP contribution >= 0.6 is 0 Å². The van der Waals surface area contributed by atoms with Gasteiger partial charge in [0.2, 0.25) is 5.91 Å². The van der Waals surface area contributed by atoms with Crippen LogP contribution < -0.4 is 5.32 Å². The van der Waals surface area contributed by atoms with Crippen LogP contribution in [0.1, 0.15) is 66.6 Å². The number of amides is 3. The first-order valence-corrected chi connectivity index (χ1v) is 11.5. The van der Waals surface area contributed by atoms with Gasteiger partial charge in [0, 0.05) is 51.3 Å². The number of benzene rings is 1. The number of aryl methyl sites for hydroxylation is 1. The Hall–Kier alpha value is -3.23. The Morgan fingerprint density at radius 2 is 1.94 bits per heavy atom. The van der Waals surface area contributed by atoms with E-state index >= 15 is 0 Å². The molecule has 1 aliphatic heterocycles. The van der Waals surface area contributed by atoms with Gasteiger partial charge in [-0.1, -0.05) is 19.1 Å². The van der Waals surface area contributed by atoms with Crippen LogP contribution in [0.25, 0.3) is 0 Å². The summed E-state index contributed by atoms with van der Waals surface area (Å²) in [5, 5.41) is 7.30. The van der Waals surface area contributed by atoms with Gasteiger partial charge in [-0.05, 0) is 44.4 Å². The molecule has 9 heteroatoms. The summed E-state index contributed by atoms with van der Waals surface area (Å²) in [5.74, 6) is -0.922. The minimum absolute atomic E-state index is 0.0935. The molecule has 0 fully saturated rings. The summed E-state index contributed by atoms with van der Waals surface area (Å²) in [6.07, 6.45) is 1.75. The average Bonchev–Trinajstić information content (AvgIpc) is 3.17. The second-order valence-electron chi connectivity index (χ2n) is 8.36. The molecule has 0 spiro atoms. The second kappa shape index (κ2) is 11.1. The minimum Gasteiger partial charge on any atom is -0.354 e. The van der Waals surface area contributed by atoms with Gasteiger partial charge in [-0.15, -0.1) is 0 Å². The molecule has 3 amide bonds. The Morgan fingerprint density at radius 3 is 2.61 bits per heavy atom. The molecule has 0 saturated heterocycles. The number of carbonyl (C=O) groups excluding carboxylic acids is 3. The van der Waals surface area contributed by atoms with Gasteiger partial charge in [-0.3, -0.25) is 19.1 Å². The first-order valence-electron chi connectivity index (χ1n) is 11.5. The van der Waals surface area contributed by atoms with Gasteiger partial charge < -0.3 is 15.1 Å². The van der Waals surface area contributed by atoms with E-state index in [4.69, 9.17) is 0 Å². The van der Waals surface area contributed by atoms with Gasteiger partial charge >= 0.3 is 0 Å². The maximum absolute atomic E-state index is 13.2. The van der Waals surface area contributed by atoms with Gasteiger partial charge in [-0.25, -0.2) is 4.39 Å². The number of nitrogens with one attached hydrogen (secondary N) is 1. The number of fused-ring (bicyclic) bond motifs is 1. The Morgan fingerprint density at radius 1 is 1.21 bits per heavy atom. The molecule has 2 aromatic rings. The lowest BCUT2D eigenvalue weighted by Crippen LogP contribution is -2.37. The van der Waals surface area contributed by atoms with Crippen LogP contribution in [0.4, 0.5) is 4.39 Å². The third-order valence-corrected chi connectivity index (χ3v) is 5.89. The van der Waals surface area contributed by atoms with E-state index in [2.05, 4.69) is 10.4 Å². The van der Waals surface area contributed by atoms with Crippen molar-refractivity contribution in [2.24, 2.45) is 0 Å². The first kappa shape index (κ1) is 24.4. The highest BCUT2D eigenvalue weighted by molar-refractivity contribution is 5.98. The molecular formula is C24H32FN5O3. The normalized spacial score (nSPS) is 14.4. The standard InChI is InChI=1S/C24H32FN5O3/c1-4-17(3)26-22(31)11-14-28(5-2)23(32)20-15-21-24(33)29(12-6-13-30(21)27-20)16-18-7-9-19(25)10-8-18/h7-10,15,17H,4-6,11-14,16H2,1-3H3,(H,26,31). The number of aromatic nitrogens is 2. The van der Waals surface area contributed by atoms with E-state index in [1.165, 1.54) is 18.2 Å². The van der Waals surface area contributed by atoms with E-state index < -0.39 is 0 Å². The van der Waals surface area contributed by atoms with Crippen molar-refractivity contribution in [3.05, 3.63) is 53.1 Å². The van der Waals surface area contributed by atoms with Crippen LogP contribution in [-0.4, -0.2) is 63.0 Å². The fourth-order valence-electron chi connectivity index (χ4n) is 3.75. The molecule has 0 radical (unpaired) electrons. The van der Waals surface area contributed by atoms with E-state index in [1.54, 1.807) is 26.6 Å². The Bertz CT molecular complexity index is 988. The van der Waals surface area contributed by atoms with Gasteiger partial charge in [-0.2, -0.15) is 5.10 Å². The molecule has 1 unspecified atom stereocenters. The number of carbonyl (C=O) groups is 3. The van der Waals surface area contributed by atoms with Crippen molar-refractivity contribution in [2.75, 3.05) is 19.6 Å². The topological polar surface area (TPSA) is 87.5 Å². The first-order chi connectivity index (χ1) is 15.8. The van der Waals surface area contributed by atoms with Crippen molar-refractivity contribution >= 4 is 17.7 Å². The zero-order valence-corrected chi connectivity index (χ0v) is 19.5. The number of nitrogens with zero attached hydrogens (tertiary/aromatic N) is 4. The molecule has 0 aliphatic carbocycles. The fraction of sp³-hybridized carbons (Fsp3) is 0.500. The molecule has 3 rings (SSSR count). The predicted molar refractivity (Wildman–Crippen MR) is 122 cm³/mol. The van der Waals surface area contributed by atoms with Gasteiger partial charge in [0.25, 0.3) is 11.8 Å². The lowest BCUT2D eigenvalue weighted by molar-refractivity contribution is -0.121. The van der Waals surface area contributed by atoms with Gasteiger partial charge in [0.1, 0.15) is 11.5 Å². The second-order valence-corrected chi connectivity index (χ2v) is 8.36. The van der Waals surface area contributed by atoms with E-state index in [0.717, 1.165) is 12.0 Å². The number of hydrogen-bond donors (Lipinski definition) is 1. The molecule has 2 heterocycles. The van der Waals surface area contributed by atoms with Crippen LogP contribution in [0.5, 0.6) is 0 Å². The van der Waals surface area contributed by atoms with E-state index in [-0.39, 0.29) is 48.2 Å². The molecule has 1 N–H and O–H groups in total. The maximum atomic E-state index is 13.2. The smallest absolute Gasteiger partial charge is 0.274 e. The molecule has 178 valence electrons. The lowest BCUT2D eigenvalue weighted by Gasteiger charge is -2.21. The summed E-state index contributed by atoms with van der Waals surface area (Å²) >= 11 is 0. The van der Waals surface area contributed by atoms with Crippen LogP contribution in [0, 0.1) is 5.82 Å². The third-order valence-electron chi connectivity index (χ3n) is 5.89. The Labute approximate surface area is 193 Å². The average molecular weight is 458 g/mol. The lowest BCUT2D eigenvalue weighted by atomic mass is 10.2. The molecule has 0 saturated carbocycles. The summed E-state index contributed by atoms with van der Waals surface area (Å²) in [7, 11) is 0. The molecule has 33 heavy (non-hydrogen) atoms. The number of hydrogen-bond acceptors (Lipinski definition) is 4. The Balaban J connectivity index is 1.69. The highest BCUT2D eigenvalue weighted by Crippen LogP contribution is 2.18. The maximum Gasteiger partial charge on any atom is 0.274 e. The highest BCUT2D eigenvalue weighted by atomic mass is 19.1. The van der Waals surface area contributed by atoms with E-state index in [9.17, 15) is 18.8 Å². The molecular weight excluding hydrogens is 425 g/mol. The zero-order valence-electron chi connectivity index (χ0n) is 19.5. The Kier molecular flexibility index (Phi) is 8.19. The summed E-state index contributed by atoms with van der Waals surface area (Å²) in [4.78, 5) is 41.5. The molecule has 1 aromatic heterocycles. The largest absolute Gasteiger partial charge is 0.354 e. The van der Waals surface area contributed by atoms with Crippen molar-refractivity contribution in [3.8, 4) is 0 Å². The van der Waals surface area contributed by atoms with Crippen LogP contribution in [0.15, 0.2) is 30.3 Å². The van der Waals surface area contributed by atoms with Crippen LogP contribution in [0.2, 0.25) is 0 Å². The fourth-order valence-corrected chi connectivity index (χ4v) is 3.75. The van der Waals surface area contributed by atoms with Crippen LogP contribution in [0.3, 0.4) is 0 Å². The predicted octanol–water partition coefficient (Wildman–Crippen LogP) is 2.84. The zero-order chi connectivity index (χ0) is 24.0. The van der Waals surface area contributed by atoms with E-state index in [0.29, 0.717) is 38.3 Å². The third kappa shape index (κ3) is 6.18. The van der Waals surface area contributed by atoms with E-state index in [1.807, 2.05) is 20.8 Å². The SMILES string of the molecule is CCC(C)NC(=O)CCN(CC)C(=O)c1cc2n(n1)CCCN(Cc1ccc(F)cc1)C2=O. The van der Waals surface area contributed by atoms with Crippen molar-refractivity contribution in [3.63, 3.8) is 0 Å². The summed E-state index contributed by atoms with van der Waals surface area (Å²) in [5.41, 5.74) is 1.40. The molecule has 1 aromatic carbocycles. The molecule has 1 atom stereocenters. The van der Waals surface area contributed by atoms with Crippen molar-refractivity contribution in [2.45, 2.75) is 59.2 Å². The monoisotopic (exact) mass is 457 g/mol. The van der Waals surface area contributed by atoms with Crippen molar-refractivity contribution in [1.29, 1.82) is 0 Å². The molecule has 1 aliphatic rings. The molecule has 0 bridgehead atoms. The van der Waals surface area contributed by atoms with Crippen molar-refractivity contribution in [1.82, 2.24) is 24.9 Å².